The van der Waals surface area contributed by atoms with Gasteiger partial charge in [0.2, 0.25) is 11.8 Å². The first kappa shape index (κ1) is 31.9. The van der Waals surface area contributed by atoms with E-state index in [4.69, 9.17) is 0 Å². The van der Waals surface area contributed by atoms with Crippen molar-refractivity contribution in [1.82, 2.24) is 0 Å². The van der Waals surface area contributed by atoms with E-state index in [1.807, 2.05) is 0 Å². The molecule has 206 valence electrons. The van der Waals surface area contributed by atoms with Gasteiger partial charge >= 0.3 is 34.7 Å². The second kappa shape index (κ2) is 10.7. The maximum Gasteiger partial charge on any atom is 0.460 e. The summed E-state index contributed by atoms with van der Waals surface area (Å²) in [6, 6.07) is 3.79. The van der Waals surface area contributed by atoms with Crippen LogP contribution in [0.15, 0.2) is 24.3 Å². The van der Waals surface area contributed by atoms with E-state index in [1.165, 1.54) is 0 Å². The summed E-state index contributed by atoms with van der Waals surface area (Å²) in [5, 5.41) is -7.86. The van der Waals surface area contributed by atoms with Gasteiger partial charge in [-0.15, -0.1) is 0 Å². The molecule has 2 N–H and O–H groups in total. The molecule has 0 bridgehead atoms. The van der Waals surface area contributed by atoms with E-state index in [-0.39, 0.29) is 11.4 Å². The fourth-order valence-corrected chi connectivity index (χ4v) is 3.26. The SMILES string of the molecule is O=C(CSC(F)(F)C(F)(F)C(F)(F)F)Nc1cccc(NC(=O)CSC(F)(F)C(F)(F)C(F)(F)F)c1. The summed E-state index contributed by atoms with van der Waals surface area (Å²) in [4.78, 5) is 23.3. The third kappa shape index (κ3) is 7.45. The lowest BCUT2D eigenvalue weighted by molar-refractivity contribution is -0.330. The molecule has 1 rings (SSSR count). The number of benzene rings is 1. The van der Waals surface area contributed by atoms with Crippen LogP contribution in [-0.4, -0.2) is 58.0 Å². The zero-order chi connectivity index (χ0) is 28.4. The molecule has 0 aromatic heterocycles. The van der Waals surface area contributed by atoms with Crippen molar-refractivity contribution >= 4 is 46.7 Å². The van der Waals surface area contributed by atoms with Gasteiger partial charge in [-0.1, -0.05) is 29.6 Å². The largest absolute Gasteiger partial charge is 0.460 e. The van der Waals surface area contributed by atoms with E-state index >= 15 is 0 Å². The van der Waals surface area contributed by atoms with Crippen molar-refractivity contribution < 1.29 is 71.1 Å². The Bertz CT molecular complexity index is 878. The van der Waals surface area contributed by atoms with Crippen molar-refractivity contribution in [2.45, 2.75) is 34.7 Å². The number of anilines is 2. The van der Waals surface area contributed by atoms with Crippen molar-refractivity contribution in [3.05, 3.63) is 24.3 Å². The number of hydrogen-bond acceptors (Lipinski definition) is 4. The second-order valence-electron chi connectivity index (χ2n) is 6.43. The van der Waals surface area contributed by atoms with Crippen molar-refractivity contribution in [1.29, 1.82) is 0 Å². The van der Waals surface area contributed by atoms with Crippen LogP contribution in [0, 0.1) is 0 Å². The molecule has 0 unspecified atom stereocenters. The predicted molar refractivity (Wildman–Crippen MR) is 101 cm³/mol. The molecule has 20 heteroatoms. The van der Waals surface area contributed by atoms with Gasteiger partial charge in [-0.25, -0.2) is 0 Å². The highest BCUT2D eigenvalue weighted by Gasteiger charge is 2.74. The molecule has 0 aliphatic carbocycles. The van der Waals surface area contributed by atoms with Gasteiger partial charge in [-0.05, 0) is 18.2 Å². The number of carbonyl (C=O) groups excluding carboxylic acids is 2. The first-order chi connectivity index (χ1) is 15.9. The molecule has 0 spiro atoms. The molecule has 1 aromatic rings. The number of carbonyl (C=O) groups is 2. The average Bonchev–Trinajstić information content (AvgIpc) is 2.69. The van der Waals surface area contributed by atoms with Gasteiger partial charge in [0.25, 0.3) is 0 Å². The molecule has 0 atom stereocenters. The van der Waals surface area contributed by atoms with Crippen LogP contribution < -0.4 is 10.6 Å². The van der Waals surface area contributed by atoms with Gasteiger partial charge in [0.05, 0.1) is 11.5 Å². The molecular weight excluding hydrogens is 582 g/mol. The molecule has 0 saturated carbocycles. The first-order valence-corrected chi connectivity index (χ1v) is 10.5. The zero-order valence-corrected chi connectivity index (χ0v) is 18.3. The maximum absolute atomic E-state index is 13.2. The number of amides is 2. The summed E-state index contributed by atoms with van der Waals surface area (Å²) >= 11 is -2.67. The summed E-state index contributed by atoms with van der Waals surface area (Å²) in [7, 11) is 0. The van der Waals surface area contributed by atoms with Gasteiger partial charge in [0, 0.05) is 11.4 Å². The third-order valence-corrected chi connectivity index (χ3v) is 5.69. The highest BCUT2D eigenvalue weighted by Crippen LogP contribution is 2.52. The highest BCUT2D eigenvalue weighted by molar-refractivity contribution is 8.01. The van der Waals surface area contributed by atoms with Gasteiger partial charge in [-0.2, -0.15) is 61.5 Å². The normalized spacial score (nSPS) is 13.9. The summed E-state index contributed by atoms with van der Waals surface area (Å²) in [5.41, 5.74) is -0.767. The Balaban J connectivity index is 2.74. The number of nitrogens with one attached hydrogen (secondary N) is 2. The summed E-state index contributed by atoms with van der Waals surface area (Å²) in [5.74, 6) is -19.2. The van der Waals surface area contributed by atoms with Crippen molar-refractivity contribution in [3.63, 3.8) is 0 Å². The average molecular weight is 592 g/mol. The van der Waals surface area contributed by atoms with Crippen LogP contribution in [0.1, 0.15) is 0 Å². The number of hydrogen-bond donors (Lipinski definition) is 2. The Hall–Kier alpha value is -2.12. The lowest BCUT2D eigenvalue weighted by atomic mass is 10.2. The molecule has 36 heavy (non-hydrogen) atoms. The van der Waals surface area contributed by atoms with Crippen LogP contribution >= 0.6 is 23.5 Å². The molecular formula is C16H10F14N2O2S2. The van der Waals surface area contributed by atoms with Crippen LogP contribution in [0.5, 0.6) is 0 Å². The van der Waals surface area contributed by atoms with Gasteiger partial charge in [0.15, 0.2) is 0 Å². The topological polar surface area (TPSA) is 58.2 Å². The third-order valence-electron chi connectivity index (χ3n) is 3.64. The molecule has 1 aromatic carbocycles. The fourth-order valence-electron chi connectivity index (χ4n) is 1.89. The van der Waals surface area contributed by atoms with Gasteiger partial charge in [0.1, 0.15) is 0 Å². The van der Waals surface area contributed by atoms with Gasteiger partial charge in [-0.3, -0.25) is 9.59 Å². The minimum absolute atomic E-state index is 0.383. The summed E-state index contributed by atoms with van der Waals surface area (Å²) < 4.78 is 176. The standard InChI is InChI=1S/C16H10F14N2O2S2/c17-11(18,13(21,22)23)15(27,28)35-5-9(33)31-7-2-1-3-8(4-7)32-10(34)6-36-16(29,30)12(19,20)14(24,25)26/h1-4H,5-6H2,(H,31,33)(H,32,34). The highest BCUT2D eigenvalue weighted by atomic mass is 32.2. The van der Waals surface area contributed by atoms with Crippen molar-refractivity contribution in [2.24, 2.45) is 0 Å². The number of halogens is 14. The van der Waals surface area contributed by atoms with Crippen LogP contribution in [-0.2, 0) is 9.59 Å². The molecule has 0 aliphatic heterocycles. The number of thioether (sulfide) groups is 2. The minimum Gasteiger partial charge on any atom is -0.325 e. The molecule has 0 aliphatic rings. The smallest absolute Gasteiger partial charge is 0.325 e. The Kier molecular flexibility index (Phi) is 9.49. The Morgan fingerprint density at radius 3 is 1.19 bits per heavy atom. The van der Waals surface area contributed by atoms with E-state index in [2.05, 4.69) is 0 Å². The van der Waals surface area contributed by atoms with Crippen molar-refractivity contribution in [2.75, 3.05) is 22.1 Å². The van der Waals surface area contributed by atoms with Crippen molar-refractivity contribution in [3.8, 4) is 0 Å². The molecule has 0 saturated heterocycles. The van der Waals surface area contributed by atoms with E-state index in [9.17, 15) is 71.1 Å². The monoisotopic (exact) mass is 592 g/mol. The molecule has 0 fully saturated rings. The van der Waals surface area contributed by atoms with Crippen LogP contribution in [0.2, 0.25) is 0 Å². The Morgan fingerprint density at radius 1 is 0.611 bits per heavy atom. The Morgan fingerprint density at radius 2 is 0.917 bits per heavy atom. The minimum atomic E-state index is -6.61. The molecule has 2 amide bonds. The van der Waals surface area contributed by atoms with E-state index in [0.29, 0.717) is 0 Å². The molecule has 0 heterocycles. The number of rotatable bonds is 10. The molecule has 0 radical (unpaired) electrons. The van der Waals surface area contributed by atoms with Crippen LogP contribution in [0.4, 0.5) is 72.8 Å². The van der Waals surface area contributed by atoms with E-state index in [0.717, 1.165) is 24.3 Å². The van der Waals surface area contributed by atoms with Crippen LogP contribution in [0.25, 0.3) is 0 Å². The zero-order valence-electron chi connectivity index (χ0n) is 16.6. The lowest BCUT2D eigenvalue weighted by Gasteiger charge is -2.27. The molecule has 4 nitrogen and oxygen atoms in total. The second-order valence-corrected chi connectivity index (χ2v) is 8.61. The Labute approximate surface area is 199 Å². The predicted octanol–water partition coefficient (Wildman–Crippen LogP) is 6.61. The number of alkyl halides is 14. The lowest BCUT2D eigenvalue weighted by Crippen LogP contribution is -2.50. The summed E-state index contributed by atoms with van der Waals surface area (Å²) in [6.07, 6.45) is -13.2. The van der Waals surface area contributed by atoms with E-state index < -0.39 is 81.6 Å². The van der Waals surface area contributed by atoms with Gasteiger partial charge < -0.3 is 10.6 Å². The van der Waals surface area contributed by atoms with Crippen LogP contribution in [0.3, 0.4) is 0 Å². The first-order valence-electron chi connectivity index (χ1n) is 8.57. The maximum atomic E-state index is 13.2. The fraction of sp³-hybridized carbons (Fsp3) is 0.500. The summed E-state index contributed by atoms with van der Waals surface area (Å²) in [6.45, 7) is 0. The quantitative estimate of drug-likeness (QED) is 0.301. The van der Waals surface area contributed by atoms with E-state index in [1.54, 1.807) is 10.6 Å².